The second kappa shape index (κ2) is 10.5. The van der Waals surface area contributed by atoms with E-state index in [0.29, 0.717) is 25.2 Å². The molecular weight excluding hydrogens is 330 g/mol. The van der Waals surface area contributed by atoms with Gasteiger partial charge in [0.25, 0.3) is 0 Å². The van der Waals surface area contributed by atoms with Gasteiger partial charge in [-0.2, -0.15) is 0 Å². The molecule has 0 aliphatic rings. The average Bonchev–Trinajstić information content (AvgIpc) is 2.62. The maximum absolute atomic E-state index is 11.8. The summed E-state index contributed by atoms with van der Waals surface area (Å²) in [5.41, 5.74) is 2.24. The standard InChI is InChI=1S/C21H27NO4/c1-16-6-3-8-19(12-16)25-11-5-10-21(24)22-14-18(23)15-26-20-9-4-7-17(2)13-20/h3-4,6-9,12-13,18,23H,5,10-11,14-15H2,1-2H3,(H,22,24). The average molecular weight is 357 g/mol. The quantitative estimate of drug-likeness (QED) is 0.642. The fraction of sp³-hybridized carbons (Fsp3) is 0.381. The summed E-state index contributed by atoms with van der Waals surface area (Å²) < 4.78 is 11.1. The number of nitrogens with one attached hydrogen (secondary N) is 1. The summed E-state index contributed by atoms with van der Waals surface area (Å²) in [6.45, 7) is 4.78. The van der Waals surface area contributed by atoms with Crippen molar-refractivity contribution in [2.45, 2.75) is 32.8 Å². The second-order valence-corrected chi connectivity index (χ2v) is 6.35. The van der Waals surface area contributed by atoms with E-state index in [1.165, 1.54) is 0 Å². The van der Waals surface area contributed by atoms with Gasteiger partial charge in [0.1, 0.15) is 24.2 Å². The van der Waals surface area contributed by atoms with Crippen LogP contribution in [-0.2, 0) is 4.79 Å². The molecule has 0 bridgehead atoms. The van der Waals surface area contributed by atoms with Crippen molar-refractivity contribution in [1.82, 2.24) is 5.32 Å². The SMILES string of the molecule is Cc1cccc(OCCCC(=O)NCC(O)COc2cccc(C)c2)c1. The number of carbonyl (C=O) groups is 1. The van der Waals surface area contributed by atoms with Crippen molar-refractivity contribution in [2.75, 3.05) is 19.8 Å². The van der Waals surface area contributed by atoms with Crippen molar-refractivity contribution in [3.8, 4) is 11.5 Å². The number of benzene rings is 2. The lowest BCUT2D eigenvalue weighted by atomic mass is 10.2. The Morgan fingerprint density at radius 2 is 1.65 bits per heavy atom. The van der Waals surface area contributed by atoms with E-state index < -0.39 is 6.10 Å². The molecule has 140 valence electrons. The summed E-state index contributed by atoms with van der Waals surface area (Å²) in [5, 5.41) is 12.6. The molecular formula is C21H27NO4. The van der Waals surface area contributed by atoms with Crippen molar-refractivity contribution < 1.29 is 19.4 Å². The Bertz CT molecular complexity index is 702. The van der Waals surface area contributed by atoms with E-state index in [1.807, 2.05) is 62.4 Å². The fourth-order valence-electron chi connectivity index (χ4n) is 2.40. The van der Waals surface area contributed by atoms with Crippen LogP contribution in [-0.4, -0.2) is 36.9 Å². The Labute approximate surface area is 155 Å². The van der Waals surface area contributed by atoms with Gasteiger partial charge in [-0.25, -0.2) is 0 Å². The Morgan fingerprint density at radius 1 is 1.04 bits per heavy atom. The number of aryl methyl sites for hydroxylation is 2. The molecule has 5 nitrogen and oxygen atoms in total. The van der Waals surface area contributed by atoms with Gasteiger partial charge in [-0.05, 0) is 55.7 Å². The van der Waals surface area contributed by atoms with Crippen molar-refractivity contribution in [2.24, 2.45) is 0 Å². The molecule has 1 atom stereocenters. The van der Waals surface area contributed by atoms with Crippen LogP contribution in [0.2, 0.25) is 0 Å². The molecule has 0 heterocycles. The fourth-order valence-corrected chi connectivity index (χ4v) is 2.40. The van der Waals surface area contributed by atoms with Crippen molar-refractivity contribution in [3.63, 3.8) is 0 Å². The topological polar surface area (TPSA) is 67.8 Å². The highest BCUT2D eigenvalue weighted by molar-refractivity contribution is 5.75. The molecule has 2 aromatic rings. The smallest absolute Gasteiger partial charge is 0.220 e. The zero-order valence-electron chi connectivity index (χ0n) is 15.4. The molecule has 2 aromatic carbocycles. The van der Waals surface area contributed by atoms with Crippen LogP contribution in [0.25, 0.3) is 0 Å². The van der Waals surface area contributed by atoms with Gasteiger partial charge >= 0.3 is 0 Å². The highest BCUT2D eigenvalue weighted by atomic mass is 16.5. The van der Waals surface area contributed by atoms with Crippen molar-refractivity contribution in [1.29, 1.82) is 0 Å². The van der Waals surface area contributed by atoms with Crippen LogP contribution >= 0.6 is 0 Å². The molecule has 0 aliphatic carbocycles. The Balaban J connectivity index is 1.56. The minimum Gasteiger partial charge on any atom is -0.494 e. The molecule has 0 spiro atoms. The minimum absolute atomic E-state index is 0.104. The molecule has 0 saturated heterocycles. The molecule has 0 aliphatic heterocycles. The van der Waals surface area contributed by atoms with Gasteiger partial charge < -0.3 is 19.9 Å². The summed E-state index contributed by atoms with van der Waals surface area (Å²) in [6, 6.07) is 15.4. The number of hydrogen-bond acceptors (Lipinski definition) is 4. The summed E-state index contributed by atoms with van der Waals surface area (Å²) in [4.78, 5) is 11.8. The lowest BCUT2D eigenvalue weighted by Gasteiger charge is -2.13. The number of carbonyl (C=O) groups excluding carboxylic acids is 1. The second-order valence-electron chi connectivity index (χ2n) is 6.35. The van der Waals surface area contributed by atoms with Gasteiger partial charge in [0.05, 0.1) is 6.61 Å². The lowest BCUT2D eigenvalue weighted by Crippen LogP contribution is -2.35. The molecule has 0 saturated carbocycles. The van der Waals surface area contributed by atoms with Gasteiger partial charge in [-0.1, -0.05) is 24.3 Å². The van der Waals surface area contributed by atoms with E-state index in [-0.39, 0.29) is 19.1 Å². The molecule has 0 aromatic heterocycles. The first kappa shape index (κ1) is 19.8. The first-order valence-corrected chi connectivity index (χ1v) is 8.86. The van der Waals surface area contributed by atoms with Gasteiger partial charge in [-0.3, -0.25) is 4.79 Å². The number of hydrogen-bond donors (Lipinski definition) is 2. The zero-order valence-corrected chi connectivity index (χ0v) is 15.4. The number of amides is 1. The van der Waals surface area contributed by atoms with Crippen molar-refractivity contribution in [3.05, 3.63) is 59.7 Å². The third-order valence-corrected chi connectivity index (χ3v) is 3.77. The molecule has 2 rings (SSSR count). The number of aliphatic hydroxyl groups excluding tert-OH is 1. The molecule has 0 fully saturated rings. The van der Waals surface area contributed by atoms with Gasteiger partial charge in [0, 0.05) is 13.0 Å². The van der Waals surface area contributed by atoms with E-state index in [2.05, 4.69) is 5.32 Å². The third kappa shape index (κ3) is 7.57. The van der Waals surface area contributed by atoms with Crippen LogP contribution in [0.5, 0.6) is 11.5 Å². The normalized spacial score (nSPS) is 11.7. The lowest BCUT2D eigenvalue weighted by molar-refractivity contribution is -0.121. The van der Waals surface area contributed by atoms with Crippen LogP contribution in [0.1, 0.15) is 24.0 Å². The summed E-state index contributed by atoms with van der Waals surface area (Å²) in [5.74, 6) is 1.42. The molecule has 0 radical (unpaired) electrons. The van der Waals surface area contributed by atoms with Crippen LogP contribution < -0.4 is 14.8 Å². The Hall–Kier alpha value is -2.53. The van der Waals surface area contributed by atoms with E-state index in [9.17, 15) is 9.90 Å². The maximum Gasteiger partial charge on any atom is 0.220 e. The largest absolute Gasteiger partial charge is 0.494 e. The van der Waals surface area contributed by atoms with Crippen LogP contribution in [0, 0.1) is 13.8 Å². The van der Waals surface area contributed by atoms with E-state index in [4.69, 9.17) is 9.47 Å². The Morgan fingerprint density at radius 3 is 2.27 bits per heavy atom. The first-order chi connectivity index (χ1) is 12.5. The Kier molecular flexibility index (Phi) is 7.96. The zero-order chi connectivity index (χ0) is 18.8. The molecule has 5 heteroatoms. The minimum atomic E-state index is -0.747. The summed E-state index contributed by atoms with van der Waals surface area (Å²) in [6.07, 6.45) is 0.232. The number of aliphatic hydroxyl groups is 1. The first-order valence-electron chi connectivity index (χ1n) is 8.86. The van der Waals surface area contributed by atoms with E-state index in [1.54, 1.807) is 0 Å². The van der Waals surface area contributed by atoms with Crippen LogP contribution in [0.15, 0.2) is 48.5 Å². The molecule has 1 unspecified atom stereocenters. The van der Waals surface area contributed by atoms with E-state index >= 15 is 0 Å². The number of rotatable bonds is 10. The monoisotopic (exact) mass is 357 g/mol. The molecule has 2 N–H and O–H groups in total. The molecule has 26 heavy (non-hydrogen) atoms. The summed E-state index contributed by atoms with van der Waals surface area (Å²) >= 11 is 0. The summed E-state index contributed by atoms with van der Waals surface area (Å²) in [7, 11) is 0. The highest BCUT2D eigenvalue weighted by Crippen LogP contribution is 2.13. The molecule has 1 amide bonds. The van der Waals surface area contributed by atoms with Crippen LogP contribution in [0.3, 0.4) is 0 Å². The van der Waals surface area contributed by atoms with Gasteiger partial charge in [0.2, 0.25) is 5.91 Å². The highest BCUT2D eigenvalue weighted by Gasteiger charge is 2.08. The number of ether oxygens (including phenoxy) is 2. The van der Waals surface area contributed by atoms with Crippen LogP contribution in [0.4, 0.5) is 0 Å². The van der Waals surface area contributed by atoms with E-state index in [0.717, 1.165) is 16.9 Å². The van der Waals surface area contributed by atoms with Gasteiger partial charge in [0.15, 0.2) is 0 Å². The maximum atomic E-state index is 11.8. The predicted molar refractivity (Wildman–Crippen MR) is 102 cm³/mol. The van der Waals surface area contributed by atoms with Crippen molar-refractivity contribution >= 4 is 5.91 Å². The third-order valence-electron chi connectivity index (χ3n) is 3.77. The predicted octanol–water partition coefficient (Wildman–Crippen LogP) is 3.02. The van der Waals surface area contributed by atoms with Gasteiger partial charge in [-0.15, -0.1) is 0 Å².